The van der Waals surface area contributed by atoms with Gasteiger partial charge in [-0.3, -0.25) is 14.9 Å². The normalized spacial score (nSPS) is 18.1. The second kappa shape index (κ2) is 7.99. The number of carbonyl (C=O) groups excluding carboxylic acids is 2. The van der Waals surface area contributed by atoms with E-state index >= 15 is 0 Å². The van der Waals surface area contributed by atoms with E-state index in [0.29, 0.717) is 28.6 Å². The molecular weight excluding hydrogens is 408 g/mol. The molecule has 1 atom stereocenters. The molecule has 164 valence electrons. The summed E-state index contributed by atoms with van der Waals surface area (Å²) in [4.78, 5) is 28.3. The van der Waals surface area contributed by atoms with Crippen LogP contribution >= 0.6 is 0 Å². The number of amides is 2. The number of nitrogens with zero attached hydrogens (tertiary/aromatic N) is 3. The topological polar surface area (TPSA) is 110 Å². The quantitative estimate of drug-likeness (QED) is 0.389. The van der Waals surface area contributed by atoms with Crippen molar-refractivity contribution in [3.05, 3.63) is 53.2 Å². The van der Waals surface area contributed by atoms with Gasteiger partial charge in [-0.15, -0.1) is 0 Å². The molecule has 2 aliphatic rings. The van der Waals surface area contributed by atoms with E-state index in [9.17, 15) is 9.59 Å². The van der Waals surface area contributed by atoms with Gasteiger partial charge in [0, 0.05) is 29.3 Å². The molecule has 5 rings (SSSR count). The molecule has 32 heavy (non-hydrogen) atoms. The lowest BCUT2D eigenvalue weighted by molar-refractivity contribution is -0.124. The molecule has 1 aromatic carbocycles. The third kappa shape index (κ3) is 4.01. The lowest BCUT2D eigenvalue weighted by Gasteiger charge is -2.17. The first-order valence-corrected chi connectivity index (χ1v) is 10.6. The van der Waals surface area contributed by atoms with Crippen molar-refractivity contribution in [2.24, 2.45) is 0 Å². The van der Waals surface area contributed by atoms with Gasteiger partial charge in [-0.2, -0.15) is 9.61 Å². The Morgan fingerprint density at radius 1 is 1.25 bits per heavy atom. The molecule has 3 aromatic rings. The Morgan fingerprint density at radius 2 is 2.03 bits per heavy atom. The van der Waals surface area contributed by atoms with Gasteiger partial charge in [0.1, 0.15) is 17.4 Å². The van der Waals surface area contributed by atoms with E-state index in [1.165, 1.54) is 0 Å². The Balaban J connectivity index is 1.49. The molecule has 3 N–H and O–H groups in total. The van der Waals surface area contributed by atoms with Crippen LogP contribution < -0.4 is 20.7 Å². The predicted octanol–water partition coefficient (Wildman–Crippen LogP) is 2.92. The number of imide groups is 1. The smallest absolute Gasteiger partial charge is 0.254 e. The zero-order chi connectivity index (χ0) is 22.2. The molecule has 1 saturated heterocycles. The maximum atomic E-state index is 12.0. The van der Waals surface area contributed by atoms with E-state index < -0.39 is 0 Å². The summed E-state index contributed by atoms with van der Waals surface area (Å²) in [5.41, 5.74) is 2.80. The minimum absolute atomic E-state index is 0.00703. The molecule has 9 nitrogen and oxygen atoms in total. The summed E-state index contributed by atoms with van der Waals surface area (Å²) in [6.45, 7) is 2.06. The van der Waals surface area contributed by atoms with Gasteiger partial charge >= 0.3 is 0 Å². The minimum atomic E-state index is -0.368. The molecule has 0 bridgehead atoms. The van der Waals surface area contributed by atoms with Crippen molar-refractivity contribution in [1.82, 2.24) is 19.9 Å². The number of benzene rings is 1. The zero-order valence-electron chi connectivity index (χ0n) is 17.9. The van der Waals surface area contributed by atoms with Gasteiger partial charge in [0.15, 0.2) is 5.65 Å². The maximum Gasteiger partial charge on any atom is 0.254 e. The number of rotatable bonds is 7. The minimum Gasteiger partial charge on any atom is -0.497 e. The number of methoxy groups -OCH3 is 1. The second-order valence-corrected chi connectivity index (χ2v) is 8.14. The van der Waals surface area contributed by atoms with Crippen LogP contribution in [0.3, 0.4) is 0 Å². The van der Waals surface area contributed by atoms with E-state index in [2.05, 4.69) is 28.0 Å². The summed E-state index contributed by atoms with van der Waals surface area (Å²) in [5, 5.41) is 13.7. The third-order valence-electron chi connectivity index (χ3n) is 5.63. The molecular formula is C23H24N6O3. The van der Waals surface area contributed by atoms with Crippen molar-refractivity contribution >= 4 is 35.2 Å². The summed E-state index contributed by atoms with van der Waals surface area (Å²) < 4.78 is 6.98. The van der Waals surface area contributed by atoms with Crippen LogP contribution in [0.2, 0.25) is 0 Å². The average molecular weight is 432 g/mol. The number of hydrogen-bond donors (Lipinski definition) is 3. The fourth-order valence-corrected chi connectivity index (χ4v) is 3.70. The Kier molecular flexibility index (Phi) is 5.01. The molecule has 1 saturated carbocycles. The SMILES string of the molecule is COc1ccc([C@H](C)Nc2cc(NC3CC3)n3ncc(/C=C4\CC(=O)NC4=O)c3n2)cc1. The van der Waals surface area contributed by atoms with Crippen LogP contribution in [0.4, 0.5) is 11.6 Å². The molecule has 0 spiro atoms. The molecule has 2 aromatic heterocycles. The van der Waals surface area contributed by atoms with Crippen LogP contribution in [0, 0.1) is 0 Å². The summed E-state index contributed by atoms with van der Waals surface area (Å²) >= 11 is 0. The van der Waals surface area contributed by atoms with Gasteiger partial charge in [0.25, 0.3) is 5.91 Å². The fourth-order valence-electron chi connectivity index (χ4n) is 3.70. The predicted molar refractivity (Wildman–Crippen MR) is 120 cm³/mol. The largest absolute Gasteiger partial charge is 0.497 e. The fraction of sp³-hybridized carbons (Fsp3) is 0.304. The van der Waals surface area contributed by atoms with Gasteiger partial charge in [0.2, 0.25) is 5.91 Å². The van der Waals surface area contributed by atoms with Crippen LogP contribution in [0.25, 0.3) is 11.7 Å². The molecule has 1 aliphatic carbocycles. The lowest BCUT2D eigenvalue weighted by Crippen LogP contribution is -2.19. The number of anilines is 2. The molecule has 0 radical (unpaired) electrons. The van der Waals surface area contributed by atoms with E-state index in [-0.39, 0.29) is 24.3 Å². The van der Waals surface area contributed by atoms with E-state index in [4.69, 9.17) is 9.72 Å². The Bertz CT molecular complexity index is 1230. The van der Waals surface area contributed by atoms with Crippen molar-refractivity contribution in [3.63, 3.8) is 0 Å². The van der Waals surface area contributed by atoms with Gasteiger partial charge < -0.3 is 15.4 Å². The van der Waals surface area contributed by atoms with Crippen molar-refractivity contribution < 1.29 is 14.3 Å². The first kappa shape index (κ1) is 20.0. The monoisotopic (exact) mass is 432 g/mol. The number of fused-ring (bicyclic) bond motifs is 1. The molecule has 1 aliphatic heterocycles. The van der Waals surface area contributed by atoms with Crippen molar-refractivity contribution in [2.45, 2.75) is 38.3 Å². The Morgan fingerprint density at radius 3 is 2.69 bits per heavy atom. The third-order valence-corrected chi connectivity index (χ3v) is 5.63. The Labute approximate surface area is 184 Å². The first-order valence-electron chi connectivity index (χ1n) is 10.6. The maximum absolute atomic E-state index is 12.0. The Hall–Kier alpha value is -3.88. The van der Waals surface area contributed by atoms with Crippen LogP contribution in [0.1, 0.15) is 43.4 Å². The van der Waals surface area contributed by atoms with Crippen LogP contribution in [-0.4, -0.2) is 39.6 Å². The molecule has 3 heterocycles. The van der Waals surface area contributed by atoms with Gasteiger partial charge in [0.05, 0.1) is 19.7 Å². The van der Waals surface area contributed by atoms with Crippen LogP contribution in [0.5, 0.6) is 5.75 Å². The first-order chi connectivity index (χ1) is 15.5. The molecule has 2 amide bonds. The van der Waals surface area contributed by atoms with E-state index in [0.717, 1.165) is 30.0 Å². The highest BCUT2D eigenvalue weighted by molar-refractivity contribution is 6.15. The number of aromatic nitrogens is 3. The van der Waals surface area contributed by atoms with Crippen molar-refractivity contribution in [3.8, 4) is 5.75 Å². The van der Waals surface area contributed by atoms with Gasteiger partial charge in [-0.1, -0.05) is 12.1 Å². The number of hydrogen-bond acceptors (Lipinski definition) is 7. The van der Waals surface area contributed by atoms with Gasteiger partial charge in [-0.25, -0.2) is 4.98 Å². The molecule has 2 fully saturated rings. The number of ether oxygens (including phenoxy) is 1. The van der Waals surface area contributed by atoms with Crippen molar-refractivity contribution in [1.29, 1.82) is 0 Å². The standard InChI is InChI=1S/C23H24N6O3/c1-13(14-3-7-18(32-2)8-4-14)25-19-11-20(26-17-5-6-17)29-22(27-19)16(12-24-29)9-15-10-21(30)28-23(15)31/h3-4,7-9,11-13,17,26H,5-6,10H2,1-2H3,(H,25,27)(H,28,30,31)/b15-9+/t13-/m0/s1. The highest BCUT2D eigenvalue weighted by atomic mass is 16.5. The molecule has 0 unspecified atom stereocenters. The zero-order valence-corrected chi connectivity index (χ0v) is 17.9. The van der Waals surface area contributed by atoms with Crippen LogP contribution in [0.15, 0.2) is 42.1 Å². The average Bonchev–Trinajstić information content (AvgIpc) is 3.42. The van der Waals surface area contributed by atoms with Crippen LogP contribution in [-0.2, 0) is 9.59 Å². The van der Waals surface area contributed by atoms with Crippen molar-refractivity contribution in [2.75, 3.05) is 17.7 Å². The highest BCUT2D eigenvalue weighted by Crippen LogP contribution is 2.29. The van der Waals surface area contributed by atoms with E-state index in [1.54, 1.807) is 23.9 Å². The van der Waals surface area contributed by atoms with E-state index in [1.807, 2.05) is 30.3 Å². The summed E-state index contributed by atoms with van der Waals surface area (Å²) in [5.74, 6) is 1.67. The summed E-state index contributed by atoms with van der Waals surface area (Å²) in [7, 11) is 1.65. The number of carbonyl (C=O) groups is 2. The lowest BCUT2D eigenvalue weighted by atomic mass is 10.1. The molecule has 9 heteroatoms. The highest BCUT2D eigenvalue weighted by Gasteiger charge is 2.26. The summed E-state index contributed by atoms with van der Waals surface area (Å²) in [6, 6.07) is 10.3. The number of nitrogens with one attached hydrogen (secondary N) is 3. The second-order valence-electron chi connectivity index (χ2n) is 8.14. The van der Waals surface area contributed by atoms with Gasteiger partial charge in [-0.05, 0) is 43.5 Å². The summed E-state index contributed by atoms with van der Waals surface area (Å²) in [6.07, 6.45) is 5.66.